The number of pyridine rings is 1. The Morgan fingerprint density at radius 3 is 2.60 bits per heavy atom. The van der Waals surface area contributed by atoms with Crippen LogP contribution in [0.15, 0.2) is 18.5 Å². The molecule has 0 amide bonds. The molecule has 0 fully saturated rings. The van der Waals surface area contributed by atoms with E-state index in [2.05, 4.69) is 4.98 Å². The average Bonchev–Trinajstić information content (AvgIpc) is 2.15. The second-order valence-corrected chi connectivity index (χ2v) is 4.44. The highest BCUT2D eigenvalue weighted by molar-refractivity contribution is 5.89. The van der Waals surface area contributed by atoms with Gasteiger partial charge in [0, 0.05) is 12.4 Å². The second kappa shape index (κ2) is 4.43. The van der Waals surface area contributed by atoms with Crippen molar-refractivity contribution in [3.8, 4) is 0 Å². The van der Waals surface area contributed by atoms with Gasteiger partial charge in [0.15, 0.2) is 0 Å². The Kier molecular flexibility index (Phi) is 3.45. The minimum absolute atomic E-state index is 0.315. The summed E-state index contributed by atoms with van der Waals surface area (Å²) in [5.41, 5.74) is 1.10. The minimum atomic E-state index is -0.459. The van der Waals surface area contributed by atoms with Gasteiger partial charge in [0.25, 0.3) is 0 Å². The van der Waals surface area contributed by atoms with Crippen molar-refractivity contribution in [2.45, 2.75) is 39.7 Å². The zero-order valence-corrected chi connectivity index (χ0v) is 9.70. The van der Waals surface area contributed by atoms with Crippen LogP contribution >= 0.6 is 0 Å². The van der Waals surface area contributed by atoms with Crippen molar-refractivity contribution in [1.82, 2.24) is 4.98 Å². The Labute approximate surface area is 90.5 Å². The number of esters is 1. The van der Waals surface area contributed by atoms with Gasteiger partial charge in [-0.1, -0.05) is 6.92 Å². The third-order valence-electron chi connectivity index (χ3n) is 1.84. The summed E-state index contributed by atoms with van der Waals surface area (Å²) in [6, 6.07) is 1.82. The topological polar surface area (TPSA) is 39.2 Å². The molecule has 0 atom stereocenters. The lowest BCUT2D eigenvalue weighted by Crippen LogP contribution is -2.24. The van der Waals surface area contributed by atoms with Crippen LogP contribution in [0.25, 0.3) is 0 Å². The Morgan fingerprint density at radius 1 is 1.40 bits per heavy atom. The van der Waals surface area contributed by atoms with E-state index >= 15 is 0 Å². The average molecular weight is 207 g/mol. The van der Waals surface area contributed by atoms with Gasteiger partial charge in [-0.2, -0.15) is 0 Å². The fourth-order valence-corrected chi connectivity index (χ4v) is 1.13. The second-order valence-electron chi connectivity index (χ2n) is 4.44. The van der Waals surface area contributed by atoms with Crippen LogP contribution in [0.5, 0.6) is 0 Å². The van der Waals surface area contributed by atoms with Gasteiger partial charge in [-0.3, -0.25) is 4.98 Å². The molecule has 0 aromatic carbocycles. The van der Waals surface area contributed by atoms with Gasteiger partial charge in [-0.05, 0) is 38.8 Å². The van der Waals surface area contributed by atoms with Gasteiger partial charge in [0.1, 0.15) is 5.60 Å². The largest absolute Gasteiger partial charge is 0.456 e. The summed E-state index contributed by atoms with van der Waals surface area (Å²) < 4.78 is 5.24. The molecule has 0 radical (unpaired) electrons. The monoisotopic (exact) mass is 207 g/mol. The highest BCUT2D eigenvalue weighted by atomic mass is 16.6. The standard InChI is InChI=1S/C12H17NO2/c1-5-9-6-10(8-13-7-9)11(14)15-12(2,3)4/h6-8H,5H2,1-4H3. The van der Waals surface area contributed by atoms with Crippen LogP contribution in [0.2, 0.25) is 0 Å². The van der Waals surface area contributed by atoms with E-state index < -0.39 is 5.60 Å². The predicted molar refractivity (Wildman–Crippen MR) is 58.8 cm³/mol. The number of hydrogen-bond acceptors (Lipinski definition) is 3. The molecule has 0 spiro atoms. The molecule has 15 heavy (non-hydrogen) atoms. The molecular formula is C12H17NO2. The Morgan fingerprint density at radius 2 is 2.07 bits per heavy atom. The molecule has 0 saturated carbocycles. The van der Waals surface area contributed by atoms with Gasteiger partial charge >= 0.3 is 5.97 Å². The SMILES string of the molecule is CCc1cncc(C(=O)OC(C)(C)C)c1. The first kappa shape index (κ1) is 11.7. The molecule has 1 rings (SSSR count). The van der Waals surface area contributed by atoms with Gasteiger partial charge in [-0.25, -0.2) is 4.79 Å². The Bertz CT molecular complexity index is 353. The Hall–Kier alpha value is -1.38. The number of nitrogens with zero attached hydrogens (tertiary/aromatic N) is 1. The van der Waals surface area contributed by atoms with E-state index in [0.717, 1.165) is 12.0 Å². The van der Waals surface area contributed by atoms with Gasteiger partial charge < -0.3 is 4.74 Å². The van der Waals surface area contributed by atoms with Crippen molar-refractivity contribution in [3.63, 3.8) is 0 Å². The number of ether oxygens (including phenoxy) is 1. The third-order valence-corrected chi connectivity index (χ3v) is 1.84. The lowest BCUT2D eigenvalue weighted by Gasteiger charge is -2.19. The van der Waals surface area contributed by atoms with Crippen molar-refractivity contribution in [3.05, 3.63) is 29.6 Å². The van der Waals surface area contributed by atoms with Crippen LogP contribution in [0.3, 0.4) is 0 Å². The molecule has 82 valence electrons. The first-order chi connectivity index (χ1) is 6.92. The van der Waals surface area contributed by atoms with Crippen LogP contribution < -0.4 is 0 Å². The lowest BCUT2D eigenvalue weighted by molar-refractivity contribution is 0.00690. The summed E-state index contributed by atoms with van der Waals surface area (Å²) in [6.45, 7) is 7.57. The van der Waals surface area contributed by atoms with E-state index in [9.17, 15) is 4.79 Å². The molecule has 0 aliphatic heterocycles. The summed E-state index contributed by atoms with van der Waals surface area (Å²) in [4.78, 5) is 15.7. The minimum Gasteiger partial charge on any atom is -0.456 e. The highest BCUT2D eigenvalue weighted by Crippen LogP contribution is 2.12. The van der Waals surface area contributed by atoms with E-state index in [1.54, 1.807) is 6.20 Å². The van der Waals surface area contributed by atoms with Crippen LogP contribution in [-0.4, -0.2) is 16.6 Å². The molecule has 0 saturated heterocycles. The van der Waals surface area contributed by atoms with E-state index in [-0.39, 0.29) is 5.97 Å². The smallest absolute Gasteiger partial charge is 0.340 e. The maximum Gasteiger partial charge on any atom is 0.340 e. The molecule has 0 unspecified atom stereocenters. The van der Waals surface area contributed by atoms with E-state index in [1.165, 1.54) is 6.20 Å². The molecule has 1 aromatic heterocycles. The van der Waals surface area contributed by atoms with Crippen molar-refractivity contribution in [2.75, 3.05) is 0 Å². The molecular weight excluding hydrogens is 190 g/mol. The lowest BCUT2D eigenvalue weighted by atomic mass is 10.1. The summed E-state index contributed by atoms with van der Waals surface area (Å²) >= 11 is 0. The normalized spacial score (nSPS) is 11.2. The molecule has 3 nitrogen and oxygen atoms in total. The first-order valence-electron chi connectivity index (χ1n) is 5.09. The maximum absolute atomic E-state index is 11.7. The molecule has 1 heterocycles. The van der Waals surface area contributed by atoms with E-state index in [0.29, 0.717) is 5.56 Å². The number of carbonyl (C=O) groups excluding carboxylic acids is 1. The van der Waals surface area contributed by atoms with Crippen molar-refractivity contribution >= 4 is 5.97 Å². The third kappa shape index (κ3) is 3.70. The maximum atomic E-state index is 11.7. The summed E-state index contributed by atoms with van der Waals surface area (Å²) in [7, 11) is 0. The molecule has 0 N–H and O–H groups in total. The molecule has 3 heteroatoms. The Balaban J connectivity index is 2.82. The van der Waals surface area contributed by atoms with E-state index in [4.69, 9.17) is 4.74 Å². The fourth-order valence-electron chi connectivity index (χ4n) is 1.13. The molecule has 0 aliphatic rings. The number of rotatable bonds is 2. The van der Waals surface area contributed by atoms with Gasteiger partial charge in [0.2, 0.25) is 0 Å². The number of aryl methyl sites for hydroxylation is 1. The van der Waals surface area contributed by atoms with E-state index in [1.807, 2.05) is 33.8 Å². The molecule has 0 aliphatic carbocycles. The zero-order valence-electron chi connectivity index (χ0n) is 9.70. The van der Waals surface area contributed by atoms with Crippen LogP contribution in [0, 0.1) is 0 Å². The first-order valence-corrected chi connectivity index (χ1v) is 5.09. The van der Waals surface area contributed by atoms with Crippen molar-refractivity contribution in [1.29, 1.82) is 0 Å². The quantitative estimate of drug-likeness (QED) is 0.700. The summed E-state index contributed by atoms with van der Waals surface area (Å²) in [6.07, 6.45) is 4.16. The zero-order chi connectivity index (χ0) is 11.5. The van der Waals surface area contributed by atoms with Crippen LogP contribution in [-0.2, 0) is 11.2 Å². The summed E-state index contributed by atoms with van der Waals surface area (Å²) in [5, 5.41) is 0. The summed E-state index contributed by atoms with van der Waals surface area (Å²) in [5.74, 6) is -0.315. The molecule has 1 aromatic rings. The predicted octanol–water partition coefficient (Wildman–Crippen LogP) is 2.60. The molecule has 0 bridgehead atoms. The van der Waals surface area contributed by atoms with Gasteiger partial charge in [0.05, 0.1) is 5.56 Å². The van der Waals surface area contributed by atoms with Crippen molar-refractivity contribution in [2.24, 2.45) is 0 Å². The number of carbonyl (C=O) groups is 1. The van der Waals surface area contributed by atoms with Crippen LogP contribution in [0.1, 0.15) is 43.6 Å². The number of aromatic nitrogens is 1. The van der Waals surface area contributed by atoms with Crippen LogP contribution in [0.4, 0.5) is 0 Å². The highest BCUT2D eigenvalue weighted by Gasteiger charge is 2.17. The van der Waals surface area contributed by atoms with Crippen molar-refractivity contribution < 1.29 is 9.53 Å². The number of hydrogen-bond donors (Lipinski definition) is 0. The fraction of sp³-hybridized carbons (Fsp3) is 0.500. The van der Waals surface area contributed by atoms with Gasteiger partial charge in [-0.15, -0.1) is 0 Å².